The van der Waals surface area contributed by atoms with Crippen molar-refractivity contribution in [1.29, 1.82) is 0 Å². The smallest absolute Gasteiger partial charge is 0.233 e. The summed E-state index contributed by atoms with van der Waals surface area (Å²) in [6.07, 6.45) is 2.44. The highest BCUT2D eigenvalue weighted by molar-refractivity contribution is 7.07. The van der Waals surface area contributed by atoms with Crippen LogP contribution in [0.3, 0.4) is 0 Å². The molecule has 5 rings (SSSR count). The van der Waals surface area contributed by atoms with Crippen LogP contribution in [0.5, 0.6) is 0 Å². The highest BCUT2D eigenvalue weighted by atomic mass is 35.5. The second kappa shape index (κ2) is 11.0. The Balaban J connectivity index is 1.33. The number of rotatable bonds is 8. The van der Waals surface area contributed by atoms with Crippen molar-refractivity contribution < 1.29 is 9.59 Å². The minimum Gasteiger partial charge on any atom is -0.347 e. The maximum Gasteiger partial charge on any atom is 0.233 e. The summed E-state index contributed by atoms with van der Waals surface area (Å²) in [5.74, 6) is 0.297. The van der Waals surface area contributed by atoms with E-state index in [1.807, 2.05) is 47.7 Å². The molecule has 1 N–H and O–H groups in total. The van der Waals surface area contributed by atoms with Gasteiger partial charge < -0.3 is 15.1 Å². The Hall–Kier alpha value is -2.38. The van der Waals surface area contributed by atoms with Crippen molar-refractivity contribution in [2.75, 3.05) is 26.7 Å². The van der Waals surface area contributed by atoms with Crippen LogP contribution in [0.25, 0.3) is 0 Å². The predicted molar refractivity (Wildman–Crippen MR) is 155 cm³/mol. The Morgan fingerprint density at radius 3 is 2.42 bits per heavy atom. The molecule has 3 aromatic rings. The molecule has 0 bridgehead atoms. The van der Waals surface area contributed by atoms with Gasteiger partial charge in [-0.2, -0.15) is 11.3 Å². The van der Waals surface area contributed by atoms with Gasteiger partial charge in [-0.15, -0.1) is 0 Å². The lowest BCUT2D eigenvalue weighted by Gasteiger charge is -2.43. The fourth-order valence-electron chi connectivity index (χ4n) is 6.14. The first-order valence-corrected chi connectivity index (χ1v) is 14.7. The molecule has 1 saturated carbocycles. The molecule has 1 saturated heterocycles. The van der Waals surface area contributed by atoms with E-state index in [0.29, 0.717) is 16.6 Å². The zero-order chi connectivity index (χ0) is 26.9. The number of benzene rings is 2. The van der Waals surface area contributed by atoms with Crippen molar-refractivity contribution in [3.8, 4) is 0 Å². The van der Waals surface area contributed by atoms with Crippen molar-refractivity contribution in [2.45, 2.75) is 43.7 Å². The first-order valence-electron chi connectivity index (χ1n) is 13.0. The van der Waals surface area contributed by atoms with Crippen LogP contribution in [0.2, 0.25) is 10.0 Å². The first kappa shape index (κ1) is 27.2. The maximum atomic E-state index is 14.0. The highest BCUT2D eigenvalue weighted by Gasteiger charge is 2.62. The third-order valence-corrected chi connectivity index (χ3v) is 9.67. The minimum absolute atomic E-state index is 0.0117. The van der Waals surface area contributed by atoms with Crippen molar-refractivity contribution in [1.82, 2.24) is 15.1 Å². The summed E-state index contributed by atoms with van der Waals surface area (Å²) < 4.78 is 0. The van der Waals surface area contributed by atoms with Crippen LogP contribution in [0, 0.1) is 5.92 Å². The maximum absolute atomic E-state index is 14.0. The van der Waals surface area contributed by atoms with Crippen LogP contribution < -0.4 is 5.32 Å². The summed E-state index contributed by atoms with van der Waals surface area (Å²) in [6, 6.07) is 17.9. The second-order valence-electron chi connectivity index (χ2n) is 10.7. The van der Waals surface area contributed by atoms with Gasteiger partial charge in [0.2, 0.25) is 11.8 Å². The number of nitrogens with one attached hydrogen (secondary N) is 1. The molecule has 0 spiro atoms. The molecule has 1 aliphatic carbocycles. The van der Waals surface area contributed by atoms with Gasteiger partial charge in [-0.1, -0.05) is 59.6 Å². The molecule has 1 aromatic heterocycles. The SMILES string of the molecule is CC(=O)NC1(c2ccccc2)CCN(CC2CC2(C(=O)N(C)Cc2ccsc2)c2ccc(Cl)c(Cl)c2)CC1. The van der Waals surface area contributed by atoms with Gasteiger partial charge in [0.05, 0.1) is 21.0 Å². The Labute approximate surface area is 238 Å². The molecule has 8 heteroatoms. The van der Waals surface area contributed by atoms with Gasteiger partial charge in [-0.05, 0) is 70.8 Å². The van der Waals surface area contributed by atoms with Crippen molar-refractivity contribution in [3.63, 3.8) is 0 Å². The Morgan fingerprint density at radius 2 is 1.79 bits per heavy atom. The molecule has 2 unspecified atom stereocenters. The van der Waals surface area contributed by atoms with Gasteiger partial charge in [0, 0.05) is 40.2 Å². The highest BCUT2D eigenvalue weighted by Crippen LogP contribution is 2.56. The Morgan fingerprint density at radius 1 is 1.05 bits per heavy atom. The lowest BCUT2D eigenvalue weighted by Crippen LogP contribution is -2.53. The molecule has 5 nitrogen and oxygen atoms in total. The number of likely N-dealkylation sites (tertiary alicyclic amines) is 1. The largest absolute Gasteiger partial charge is 0.347 e. The number of amides is 2. The molecule has 2 aliphatic rings. The van der Waals surface area contributed by atoms with E-state index in [4.69, 9.17) is 23.2 Å². The fraction of sp³-hybridized carbons (Fsp3) is 0.400. The third-order valence-electron chi connectivity index (χ3n) is 8.20. The van der Waals surface area contributed by atoms with Crippen LogP contribution in [-0.4, -0.2) is 48.3 Å². The first-order chi connectivity index (χ1) is 18.2. The molecule has 2 fully saturated rings. The van der Waals surface area contributed by atoms with Gasteiger partial charge in [-0.25, -0.2) is 0 Å². The molecule has 2 heterocycles. The molecule has 2 atom stereocenters. The van der Waals surface area contributed by atoms with Crippen LogP contribution in [0.1, 0.15) is 42.9 Å². The minimum atomic E-state index is -0.607. The summed E-state index contributed by atoms with van der Waals surface area (Å²) in [4.78, 5) is 30.4. The molecular weight excluding hydrogens is 537 g/mol. The molecule has 1 aliphatic heterocycles. The zero-order valence-corrected chi connectivity index (χ0v) is 24.1. The van der Waals surface area contributed by atoms with E-state index in [2.05, 4.69) is 33.8 Å². The zero-order valence-electron chi connectivity index (χ0n) is 21.8. The van der Waals surface area contributed by atoms with E-state index in [-0.39, 0.29) is 23.3 Å². The normalized spacial score (nSPS) is 22.6. The monoisotopic (exact) mass is 569 g/mol. The van der Waals surface area contributed by atoms with Gasteiger partial charge in [0.25, 0.3) is 0 Å². The Kier molecular flexibility index (Phi) is 7.88. The summed E-state index contributed by atoms with van der Waals surface area (Å²) in [5, 5.41) is 8.35. The van der Waals surface area contributed by atoms with Gasteiger partial charge in [0.15, 0.2) is 0 Å². The van der Waals surface area contributed by atoms with Gasteiger partial charge >= 0.3 is 0 Å². The summed E-state index contributed by atoms with van der Waals surface area (Å²) in [6.45, 7) is 4.69. The third kappa shape index (κ3) is 5.37. The van der Waals surface area contributed by atoms with Crippen molar-refractivity contribution >= 4 is 46.4 Å². The second-order valence-corrected chi connectivity index (χ2v) is 12.3. The number of likely N-dealkylation sites (N-methyl/N-ethyl adjacent to an activating group) is 1. The Bertz CT molecular complexity index is 1290. The van der Waals surface area contributed by atoms with E-state index < -0.39 is 5.41 Å². The van der Waals surface area contributed by atoms with E-state index in [1.54, 1.807) is 24.3 Å². The van der Waals surface area contributed by atoms with Crippen LogP contribution in [0.15, 0.2) is 65.4 Å². The van der Waals surface area contributed by atoms with Crippen LogP contribution >= 0.6 is 34.5 Å². The molecule has 38 heavy (non-hydrogen) atoms. The van der Waals surface area contributed by atoms with Gasteiger partial charge in [-0.3, -0.25) is 9.59 Å². The number of nitrogens with zero attached hydrogens (tertiary/aromatic N) is 2. The number of thiophene rings is 1. The lowest BCUT2D eigenvalue weighted by molar-refractivity contribution is -0.133. The summed E-state index contributed by atoms with van der Waals surface area (Å²) in [7, 11) is 1.89. The summed E-state index contributed by atoms with van der Waals surface area (Å²) in [5.41, 5.74) is 2.26. The molecule has 2 amide bonds. The van der Waals surface area contributed by atoms with Crippen LogP contribution in [0.4, 0.5) is 0 Å². The van der Waals surface area contributed by atoms with E-state index in [9.17, 15) is 9.59 Å². The van der Waals surface area contributed by atoms with Crippen LogP contribution in [-0.2, 0) is 27.1 Å². The van der Waals surface area contributed by atoms with E-state index in [0.717, 1.165) is 55.6 Å². The molecule has 200 valence electrons. The van der Waals surface area contributed by atoms with Gasteiger partial charge in [0.1, 0.15) is 0 Å². The average molecular weight is 571 g/mol. The molecule has 0 radical (unpaired) electrons. The fourth-order valence-corrected chi connectivity index (χ4v) is 7.10. The number of hydrogen-bond acceptors (Lipinski definition) is 4. The number of piperidine rings is 1. The quantitative estimate of drug-likeness (QED) is 0.356. The lowest BCUT2D eigenvalue weighted by atomic mass is 9.80. The van der Waals surface area contributed by atoms with E-state index in [1.165, 1.54) is 0 Å². The predicted octanol–water partition coefficient (Wildman–Crippen LogP) is 6.10. The van der Waals surface area contributed by atoms with Crippen molar-refractivity contribution in [3.05, 3.63) is 92.1 Å². The number of carbonyl (C=O) groups excluding carboxylic acids is 2. The molecular formula is C30H33Cl2N3O2S. The number of hydrogen-bond donors (Lipinski definition) is 1. The summed E-state index contributed by atoms with van der Waals surface area (Å²) >= 11 is 14.3. The topological polar surface area (TPSA) is 52.7 Å². The average Bonchev–Trinajstić information content (AvgIpc) is 3.38. The standard InChI is InChI=1S/C30H33Cl2N3O2S/c1-21(36)33-29(23-6-4-3-5-7-23)11-13-35(14-12-29)19-25-17-30(25,24-8-9-26(31)27(32)16-24)28(37)34(2)18-22-10-15-38-20-22/h3-10,15-16,20,25H,11-14,17-19H2,1-2H3,(H,33,36). The number of carbonyl (C=O) groups is 2. The number of halogens is 2. The van der Waals surface area contributed by atoms with E-state index >= 15 is 0 Å². The molecule has 2 aromatic carbocycles. The van der Waals surface area contributed by atoms with Crippen molar-refractivity contribution in [2.24, 2.45) is 5.92 Å².